The Bertz CT molecular complexity index is 379. The second kappa shape index (κ2) is 8.40. The van der Waals surface area contributed by atoms with Gasteiger partial charge in [-0.1, -0.05) is 0 Å². The summed E-state index contributed by atoms with van der Waals surface area (Å²) in [6, 6.07) is 0.279. The minimum absolute atomic E-state index is 0.0266. The van der Waals surface area contributed by atoms with Gasteiger partial charge in [0.05, 0.1) is 71.7 Å². The van der Waals surface area contributed by atoms with Crippen LogP contribution in [0.15, 0.2) is 0 Å². The topological polar surface area (TPSA) is 58.6 Å². The Labute approximate surface area is 143 Å². The lowest BCUT2D eigenvalue weighted by molar-refractivity contribution is -0.209. The maximum absolute atomic E-state index is 6.04. The van der Waals surface area contributed by atoms with Crippen LogP contribution in [0, 0.1) is 5.92 Å². The normalized spacial score (nSPS) is 42.8. The quantitative estimate of drug-likeness (QED) is 0.729. The Morgan fingerprint density at radius 3 is 1.96 bits per heavy atom. The van der Waals surface area contributed by atoms with Gasteiger partial charge in [-0.2, -0.15) is 0 Å². The number of likely N-dealkylation sites (tertiary alicyclic amines) is 1. The lowest BCUT2D eigenvalue weighted by Crippen LogP contribution is -2.60. The van der Waals surface area contributed by atoms with E-state index in [2.05, 4.69) is 4.90 Å². The molecular formula is C17H29NO6. The largest absolute Gasteiger partial charge is 0.376 e. The fourth-order valence-corrected chi connectivity index (χ4v) is 4.28. The zero-order valence-corrected chi connectivity index (χ0v) is 14.3. The van der Waals surface area contributed by atoms with Gasteiger partial charge in [-0.05, 0) is 18.8 Å². The van der Waals surface area contributed by atoms with Crippen molar-refractivity contribution in [3.63, 3.8) is 0 Å². The molecule has 24 heavy (non-hydrogen) atoms. The molecule has 4 saturated heterocycles. The van der Waals surface area contributed by atoms with Crippen molar-refractivity contribution in [2.75, 3.05) is 66.0 Å². The predicted octanol–water partition coefficient (Wildman–Crippen LogP) is 0.271. The van der Waals surface area contributed by atoms with Crippen LogP contribution in [-0.2, 0) is 28.4 Å². The molecule has 0 aromatic carbocycles. The Hall–Kier alpha value is -0.280. The molecule has 4 rings (SSSR count). The van der Waals surface area contributed by atoms with Crippen molar-refractivity contribution in [2.24, 2.45) is 5.92 Å². The lowest BCUT2D eigenvalue weighted by atomic mass is 9.84. The van der Waals surface area contributed by atoms with Gasteiger partial charge in [0, 0.05) is 12.6 Å². The van der Waals surface area contributed by atoms with Crippen LogP contribution in [-0.4, -0.2) is 95.4 Å². The third-order valence-electron chi connectivity index (χ3n) is 5.53. The van der Waals surface area contributed by atoms with E-state index in [-0.39, 0.29) is 24.5 Å². The second-order valence-electron chi connectivity index (χ2n) is 6.96. The number of piperidine rings is 1. The minimum atomic E-state index is 0.0266. The molecule has 4 fully saturated rings. The Kier molecular flexibility index (Phi) is 6.00. The SMILES string of the molecule is C1COC(C2CCN(C3COCCO3)C(C3COCCO3)C2)CO1. The Morgan fingerprint density at radius 2 is 1.33 bits per heavy atom. The molecule has 4 heterocycles. The first kappa shape index (κ1) is 17.1. The van der Waals surface area contributed by atoms with Crippen LogP contribution in [0.4, 0.5) is 0 Å². The summed E-state index contributed by atoms with van der Waals surface area (Å²) in [6.45, 7) is 7.11. The standard InChI is InChI=1S/C17H29NO6/c1-2-18(17-12-21-5-8-24-17)14(16-11-20-4-7-23-16)9-13(1)15-10-19-3-6-22-15/h13-17H,1-12H2. The van der Waals surface area contributed by atoms with Crippen LogP contribution in [0.5, 0.6) is 0 Å². The van der Waals surface area contributed by atoms with Gasteiger partial charge in [-0.25, -0.2) is 0 Å². The molecule has 0 saturated carbocycles. The second-order valence-corrected chi connectivity index (χ2v) is 6.96. The van der Waals surface area contributed by atoms with E-state index in [0.717, 1.165) is 19.4 Å². The van der Waals surface area contributed by atoms with Crippen molar-refractivity contribution >= 4 is 0 Å². The molecule has 0 aromatic rings. The molecule has 0 amide bonds. The summed E-state index contributed by atoms with van der Waals surface area (Å²) >= 11 is 0. The van der Waals surface area contributed by atoms with Gasteiger partial charge in [-0.3, -0.25) is 4.90 Å². The van der Waals surface area contributed by atoms with Crippen molar-refractivity contribution in [1.29, 1.82) is 0 Å². The van der Waals surface area contributed by atoms with E-state index >= 15 is 0 Å². The van der Waals surface area contributed by atoms with Crippen LogP contribution in [0.2, 0.25) is 0 Å². The highest BCUT2D eigenvalue weighted by Crippen LogP contribution is 2.33. The summed E-state index contributed by atoms with van der Waals surface area (Å²) in [4.78, 5) is 2.43. The molecule has 7 nitrogen and oxygen atoms in total. The van der Waals surface area contributed by atoms with Gasteiger partial charge in [0.15, 0.2) is 0 Å². The first-order valence-electron chi connectivity index (χ1n) is 9.25. The van der Waals surface area contributed by atoms with E-state index in [1.165, 1.54) is 0 Å². The Balaban J connectivity index is 1.44. The highest BCUT2D eigenvalue weighted by Gasteiger charge is 2.42. The summed E-state index contributed by atoms with van der Waals surface area (Å²) < 4.78 is 34.9. The van der Waals surface area contributed by atoms with Crippen molar-refractivity contribution < 1.29 is 28.4 Å². The van der Waals surface area contributed by atoms with E-state index in [0.29, 0.717) is 65.4 Å². The number of ether oxygens (including phenoxy) is 6. The van der Waals surface area contributed by atoms with E-state index in [1.54, 1.807) is 0 Å². The molecule has 0 aromatic heterocycles. The summed E-state index contributed by atoms with van der Waals surface area (Å²) in [7, 11) is 0. The van der Waals surface area contributed by atoms with E-state index < -0.39 is 0 Å². The van der Waals surface area contributed by atoms with Crippen LogP contribution < -0.4 is 0 Å². The first-order chi connectivity index (χ1) is 11.9. The monoisotopic (exact) mass is 343 g/mol. The molecule has 4 aliphatic heterocycles. The molecule has 0 spiro atoms. The van der Waals surface area contributed by atoms with Crippen molar-refractivity contribution in [3.05, 3.63) is 0 Å². The maximum atomic E-state index is 6.04. The number of hydrogen-bond donors (Lipinski definition) is 0. The minimum Gasteiger partial charge on any atom is -0.376 e. The van der Waals surface area contributed by atoms with E-state index in [9.17, 15) is 0 Å². The van der Waals surface area contributed by atoms with Crippen LogP contribution in [0.1, 0.15) is 12.8 Å². The number of rotatable bonds is 3. The van der Waals surface area contributed by atoms with Crippen LogP contribution in [0.25, 0.3) is 0 Å². The van der Waals surface area contributed by atoms with Gasteiger partial charge in [0.2, 0.25) is 0 Å². The van der Waals surface area contributed by atoms with Crippen molar-refractivity contribution in [2.45, 2.75) is 37.3 Å². The molecule has 5 atom stereocenters. The third-order valence-corrected chi connectivity index (χ3v) is 5.53. The molecule has 0 bridgehead atoms. The van der Waals surface area contributed by atoms with Gasteiger partial charge < -0.3 is 28.4 Å². The summed E-state index contributed by atoms with van der Waals surface area (Å²) in [5, 5.41) is 0. The average Bonchev–Trinajstić information content (AvgIpc) is 2.69. The van der Waals surface area contributed by atoms with Crippen LogP contribution >= 0.6 is 0 Å². The highest BCUT2D eigenvalue weighted by molar-refractivity contribution is 4.92. The number of hydrogen-bond acceptors (Lipinski definition) is 7. The summed E-state index contributed by atoms with van der Waals surface area (Å²) in [5.74, 6) is 0.501. The first-order valence-corrected chi connectivity index (χ1v) is 9.25. The fourth-order valence-electron chi connectivity index (χ4n) is 4.28. The average molecular weight is 343 g/mol. The molecule has 138 valence electrons. The highest BCUT2D eigenvalue weighted by atomic mass is 16.6. The zero-order chi connectivity index (χ0) is 16.2. The Morgan fingerprint density at radius 1 is 0.667 bits per heavy atom. The van der Waals surface area contributed by atoms with E-state index in [1.807, 2.05) is 0 Å². The molecule has 5 unspecified atom stereocenters. The predicted molar refractivity (Wildman–Crippen MR) is 84.9 cm³/mol. The summed E-state index contributed by atoms with van der Waals surface area (Å²) in [5.41, 5.74) is 0. The van der Waals surface area contributed by atoms with Gasteiger partial charge in [-0.15, -0.1) is 0 Å². The molecule has 0 N–H and O–H groups in total. The summed E-state index contributed by atoms with van der Waals surface area (Å²) in [6.07, 6.45) is 2.45. The molecule has 0 aliphatic carbocycles. The maximum Gasteiger partial charge on any atom is 0.134 e. The van der Waals surface area contributed by atoms with Gasteiger partial charge >= 0.3 is 0 Å². The number of nitrogens with zero attached hydrogens (tertiary/aromatic N) is 1. The van der Waals surface area contributed by atoms with Crippen molar-refractivity contribution in [3.8, 4) is 0 Å². The van der Waals surface area contributed by atoms with Crippen LogP contribution in [0.3, 0.4) is 0 Å². The molecule has 7 heteroatoms. The molecule has 4 aliphatic rings. The molecule has 0 radical (unpaired) electrons. The fraction of sp³-hybridized carbons (Fsp3) is 1.00. The molecular weight excluding hydrogens is 314 g/mol. The zero-order valence-electron chi connectivity index (χ0n) is 14.3. The lowest BCUT2D eigenvalue weighted by Gasteiger charge is -2.49. The van der Waals surface area contributed by atoms with Crippen molar-refractivity contribution in [1.82, 2.24) is 4.90 Å². The van der Waals surface area contributed by atoms with Gasteiger partial charge in [0.1, 0.15) is 6.23 Å². The smallest absolute Gasteiger partial charge is 0.134 e. The third kappa shape index (κ3) is 3.93. The van der Waals surface area contributed by atoms with Gasteiger partial charge in [0.25, 0.3) is 0 Å². The van der Waals surface area contributed by atoms with E-state index in [4.69, 9.17) is 28.4 Å².